The van der Waals surface area contributed by atoms with Gasteiger partial charge in [-0.1, -0.05) is 54.6 Å². The van der Waals surface area contributed by atoms with Crippen LogP contribution in [0, 0.1) is 11.3 Å². The van der Waals surface area contributed by atoms with Gasteiger partial charge in [0.25, 0.3) is 11.8 Å². The van der Waals surface area contributed by atoms with E-state index in [4.69, 9.17) is 18.9 Å². The van der Waals surface area contributed by atoms with Crippen LogP contribution in [0.1, 0.15) is 63.5 Å². The molecule has 13 nitrogen and oxygen atoms in total. The molecule has 1 atom stereocenters. The molecule has 0 bridgehead atoms. The number of carbonyl (C=O) groups excluding carboxylic acids is 4. The summed E-state index contributed by atoms with van der Waals surface area (Å²) >= 11 is 2.54. The molecule has 314 valence electrons. The maximum Gasteiger partial charge on any atom is 0.410 e. The van der Waals surface area contributed by atoms with Gasteiger partial charge in [-0.25, -0.2) is 4.79 Å². The van der Waals surface area contributed by atoms with Crippen LogP contribution in [-0.2, 0) is 27.3 Å². The van der Waals surface area contributed by atoms with Crippen LogP contribution in [0.4, 0.5) is 15.5 Å². The molecule has 0 aliphatic carbocycles. The molecule has 1 aliphatic heterocycles. The summed E-state index contributed by atoms with van der Waals surface area (Å²) in [6, 6.07) is 30.3. The number of rotatable bonds is 13. The average molecular weight is 860 g/mol. The number of methoxy groups -OCH3 is 3. The highest BCUT2D eigenvalue weighted by Gasteiger charge is 2.31. The maximum absolute atomic E-state index is 14.2. The molecule has 4 amide bonds. The lowest BCUT2D eigenvalue weighted by Crippen LogP contribution is -2.39. The summed E-state index contributed by atoms with van der Waals surface area (Å²) in [5.41, 5.74) is 2.35. The van der Waals surface area contributed by atoms with E-state index in [-0.39, 0.29) is 18.1 Å². The van der Waals surface area contributed by atoms with Crippen LogP contribution >= 0.6 is 23.1 Å². The van der Waals surface area contributed by atoms with E-state index in [0.29, 0.717) is 68.1 Å². The number of nitrogens with zero attached hydrogens (tertiary/aromatic N) is 2. The summed E-state index contributed by atoms with van der Waals surface area (Å²) < 4.78 is 22.1. The minimum atomic E-state index is -0.769. The van der Waals surface area contributed by atoms with Crippen LogP contribution in [0.2, 0.25) is 0 Å². The van der Waals surface area contributed by atoms with E-state index < -0.39 is 28.8 Å². The fourth-order valence-corrected chi connectivity index (χ4v) is 8.72. The second-order valence-corrected chi connectivity index (χ2v) is 17.0. The summed E-state index contributed by atoms with van der Waals surface area (Å²) in [5.74, 6) is -0.321. The van der Waals surface area contributed by atoms with Gasteiger partial charge >= 0.3 is 6.09 Å². The second-order valence-electron chi connectivity index (χ2n) is 14.7. The van der Waals surface area contributed by atoms with Gasteiger partial charge in [0.05, 0.1) is 33.4 Å². The van der Waals surface area contributed by atoms with E-state index in [1.807, 2.05) is 57.2 Å². The smallest absolute Gasteiger partial charge is 0.410 e. The molecule has 1 aliphatic rings. The third-order valence-corrected chi connectivity index (χ3v) is 11.7. The van der Waals surface area contributed by atoms with Crippen molar-refractivity contribution in [3.63, 3.8) is 0 Å². The Bertz CT molecular complexity index is 2490. The van der Waals surface area contributed by atoms with Gasteiger partial charge in [-0.15, -0.1) is 23.1 Å². The van der Waals surface area contributed by atoms with Gasteiger partial charge in [-0.05, 0) is 80.8 Å². The first-order valence-corrected chi connectivity index (χ1v) is 20.8. The first-order valence-electron chi connectivity index (χ1n) is 19.1. The van der Waals surface area contributed by atoms with Crippen molar-refractivity contribution in [2.75, 3.05) is 38.5 Å². The molecular formula is C46H45N5O8S2. The van der Waals surface area contributed by atoms with Crippen LogP contribution in [0.3, 0.4) is 0 Å². The Labute approximate surface area is 362 Å². The highest BCUT2D eigenvalue weighted by atomic mass is 32.2. The largest absolute Gasteiger partial charge is 0.496 e. The Kier molecular flexibility index (Phi) is 14.0. The third-order valence-electron chi connectivity index (χ3n) is 9.31. The zero-order chi connectivity index (χ0) is 43.7. The molecule has 5 aromatic rings. The van der Waals surface area contributed by atoms with Gasteiger partial charge in [0.1, 0.15) is 33.4 Å². The Morgan fingerprint density at radius 3 is 2.18 bits per heavy atom. The number of benzene rings is 4. The van der Waals surface area contributed by atoms with E-state index in [0.717, 1.165) is 10.4 Å². The van der Waals surface area contributed by atoms with Crippen LogP contribution in [0.15, 0.2) is 108 Å². The molecule has 1 unspecified atom stereocenters. The van der Waals surface area contributed by atoms with Gasteiger partial charge in [0, 0.05) is 39.2 Å². The normalized spacial score (nSPS) is 12.9. The monoisotopic (exact) mass is 859 g/mol. The lowest BCUT2D eigenvalue weighted by molar-refractivity contribution is -0.116. The van der Waals surface area contributed by atoms with E-state index >= 15 is 0 Å². The lowest BCUT2D eigenvalue weighted by Gasteiger charge is -2.29. The number of anilines is 2. The number of nitrogens with one attached hydrogen (secondary N) is 3. The predicted octanol–water partition coefficient (Wildman–Crippen LogP) is 8.82. The minimum absolute atomic E-state index is 0.0832. The number of thioether (sulfide) groups is 1. The standard InChI is InChI=1S/C46H45N5O8S2/c1-46(2,3)59-45(55)51-21-20-33-34(26-47)44(61-39(33)27-51)50-43(54)40(28-14-9-7-10-15-28)60-32-19-13-18-31(24-32)48-42(53)35(49-41(52)29-16-11-8-12-17-29)22-30-23-37(57-5)38(58-6)25-36(30)56-4/h7-19,22-25,40H,20-21,27H2,1-6H3,(H,48,53)(H,49,52)(H,50,54)/b35-22+. The molecule has 15 heteroatoms. The molecule has 2 heterocycles. The maximum atomic E-state index is 14.2. The van der Waals surface area contributed by atoms with Crippen LogP contribution in [0.25, 0.3) is 6.08 Å². The summed E-state index contributed by atoms with van der Waals surface area (Å²) in [6.45, 7) is 6.08. The van der Waals surface area contributed by atoms with E-state index in [1.165, 1.54) is 50.5 Å². The number of ether oxygens (including phenoxy) is 4. The molecule has 61 heavy (non-hydrogen) atoms. The zero-order valence-corrected chi connectivity index (χ0v) is 36.1. The van der Waals surface area contributed by atoms with Gasteiger partial charge in [0.2, 0.25) is 5.91 Å². The van der Waals surface area contributed by atoms with Crippen molar-refractivity contribution in [3.05, 3.63) is 135 Å². The Morgan fingerprint density at radius 1 is 0.852 bits per heavy atom. The zero-order valence-electron chi connectivity index (χ0n) is 34.5. The van der Waals surface area contributed by atoms with E-state index in [2.05, 4.69) is 22.0 Å². The SMILES string of the molecule is COc1cc(OC)c(OC)cc1/C=C(/NC(=O)c1ccccc1)C(=O)Nc1cccc(SC(C(=O)Nc2sc3c(c2C#N)CCN(C(=O)OC(C)(C)C)C3)c2ccccc2)c1. The van der Waals surface area contributed by atoms with Crippen molar-refractivity contribution < 1.29 is 38.1 Å². The topological polar surface area (TPSA) is 168 Å². The summed E-state index contributed by atoms with van der Waals surface area (Å²) in [4.78, 5) is 57.6. The molecule has 0 fully saturated rings. The molecule has 0 saturated carbocycles. The number of carbonyl (C=O) groups is 4. The quantitative estimate of drug-likeness (QED) is 0.0769. The Hall–Kier alpha value is -6.76. The number of amides is 4. The van der Waals surface area contributed by atoms with Crippen LogP contribution in [-0.4, -0.2) is 62.2 Å². The fraction of sp³-hybridized carbons (Fsp3) is 0.239. The highest BCUT2D eigenvalue weighted by Crippen LogP contribution is 2.41. The Morgan fingerprint density at radius 2 is 1.52 bits per heavy atom. The first-order chi connectivity index (χ1) is 29.3. The fourth-order valence-electron chi connectivity index (χ4n) is 6.42. The van der Waals surface area contributed by atoms with Gasteiger partial charge < -0.3 is 39.8 Å². The number of thiophene rings is 1. The predicted molar refractivity (Wildman–Crippen MR) is 236 cm³/mol. The van der Waals surface area contributed by atoms with Gasteiger partial charge in [-0.3, -0.25) is 14.4 Å². The Balaban J connectivity index is 1.26. The van der Waals surface area contributed by atoms with Gasteiger partial charge in [-0.2, -0.15) is 5.26 Å². The first kappa shape index (κ1) is 43.8. The van der Waals surface area contributed by atoms with E-state index in [9.17, 15) is 24.4 Å². The van der Waals surface area contributed by atoms with Crippen molar-refractivity contribution in [2.45, 2.75) is 49.5 Å². The number of nitriles is 1. The third kappa shape index (κ3) is 10.9. The van der Waals surface area contributed by atoms with Crippen molar-refractivity contribution in [1.29, 1.82) is 5.26 Å². The molecule has 1 aromatic heterocycles. The van der Waals surface area contributed by atoms with Crippen molar-refractivity contribution in [3.8, 4) is 23.3 Å². The minimum Gasteiger partial charge on any atom is -0.496 e. The summed E-state index contributed by atoms with van der Waals surface area (Å²) in [6.07, 6.45) is 1.50. The summed E-state index contributed by atoms with van der Waals surface area (Å²) in [7, 11) is 4.46. The number of hydrogen-bond acceptors (Lipinski definition) is 11. The molecule has 4 aromatic carbocycles. The lowest BCUT2D eigenvalue weighted by atomic mass is 10.0. The molecular weight excluding hydrogens is 815 g/mol. The molecule has 0 spiro atoms. The van der Waals surface area contributed by atoms with Crippen LogP contribution < -0.4 is 30.2 Å². The van der Waals surface area contributed by atoms with Crippen molar-refractivity contribution >= 4 is 63.7 Å². The van der Waals surface area contributed by atoms with Gasteiger partial charge in [0.15, 0.2) is 11.5 Å². The molecule has 0 radical (unpaired) electrons. The summed E-state index contributed by atoms with van der Waals surface area (Å²) in [5, 5.41) is 18.5. The number of fused-ring (bicyclic) bond motifs is 1. The van der Waals surface area contributed by atoms with E-state index in [1.54, 1.807) is 65.6 Å². The number of hydrogen-bond donors (Lipinski definition) is 3. The average Bonchev–Trinajstić information content (AvgIpc) is 3.61. The molecule has 3 N–H and O–H groups in total. The molecule has 6 rings (SSSR count). The van der Waals surface area contributed by atoms with Crippen molar-refractivity contribution in [2.24, 2.45) is 0 Å². The second kappa shape index (κ2) is 19.5. The highest BCUT2D eigenvalue weighted by molar-refractivity contribution is 8.00. The van der Waals surface area contributed by atoms with Crippen molar-refractivity contribution in [1.82, 2.24) is 10.2 Å². The molecule has 0 saturated heterocycles. The van der Waals surface area contributed by atoms with Crippen LogP contribution in [0.5, 0.6) is 17.2 Å².